The Hall–Kier alpha value is -3.57. The highest BCUT2D eigenvalue weighted by Gasteiger charge is 2.49. The molecule has 4 aromatic rings. The molecular weight excluding hydrogens is 481 g/mol. The van der Waals surface area contributed by atoms with Gasteiger partial charge in [0, 0.05) is 48.2 Å². The minimum atomic E-state index is -3.70. The minimum Gasteiger partial charge on any atom is -0.335 e. The van der Waals surface area contributed by atoms with Crippen LogP contribution >= 0.6 is 0 Å². The summed E-state index contributed by atoms with van der Waals surface area (Å²) in [5.41, 5.74) is 1.94. The van der Waals surface area contributed by atoms with E-state index in [4.69, 9.17) is 9.97 Å². The Morgan fingerprint density at radius 3 is 2.56 bits per heavy atom. The highest BCUT2D eigenvalue weighted by atomic mass is 32.2. The zero-order valence-corrected chi connectivity index (χ0v) is 20.1. The van der Waals surface area contributed by atoms with Crippen LogP contribution in [0.1, 0.15) is 30.9 Å². The monoisotopic (exact) mass is 505 g/mol. The summed E-state index contributed by atoms with van der Waals surface area (Å²) in [4.78, 5) is 11.9. The highest BCUT2D eigenvalue weighted by Crippen LogP contribution is 2.40. The zero-order valence-electron chi connectivity index (χ0n) is 19.3. The van der Waals surface area contributed by atoms with Gasteiger partial charge < -0.3 is 10.2 Å². The predicted molar refractivity (Wildman–Crippen MR) is 133 cm³/mol. The van der Waals surface area contributed by atoms with E-state index in [1.54, 1.807) is 0 Å². The first-order valence-electron chi connectivity index (χ1n) is 12.1. The van der Waals surface area contributed by atoms with Crippen molar-refractivity contribution < 1.29 is 12.8 Å². The van der Waals surface area contributed by atoms with Crippen LogP contribution in [0.4, 0.5) is 22.0 Å². The van der Waals surface area contributed by atoms with Crippen molar-refractivity contribution in [2.75, 3.05) is 23.3 Å². The molecule has 36 heavy (non-hydrogen) atoms. The molecular formula is C25H24FN7O2S. The molecule has 2 bridgehead atoms. The van der Waals surface area contributed by atoms with Crippen molar-refractivity contribution in [2.24, 2.45) is 0 Å². The standard InChI is InChI=1S/C25H24FN7O2S/c26-16-7-9-19(10-8-16)36(34,35)33-14-17-11-18(33)13-32(17)25-27-21-4-2-1-3-20(21)24(29-25)28-23-12-22(30-31-23)15-5-6-15/h1-4,7-10,12,15,17-18H,5-6,11,13-14H2,(H2,27,28,29,30,31). The molecule has 2 atom stereocenters. The Balaban J connectivity index is 1.17. The van der Waals surface area contributed by atoms with Gasteiger partial charge in [0.05, 0.1) is 10.4 Å². The van der Waals surface area contributed by atoms with E-state index in [9.17, 15) is 12.8 Å². The van der Waals surface area contributed by atoms with Crippen LogP contribution in [0.2, 0.25) is 0 Å². The molecule has 2 saturated heterocycles. The molecule has 1 aliphatic carbocycles. The third-order valence-electron chi connectivity index (χ3n) is 7.32. The molecule has 3 fully saturated rings. The summed E-state index contributed by atoms with van der Waals surface area (Å²) in [6, 6.07) is 14.6. The lowest BCUT2D eigenvalue weighted by atomic mass is 10.2. The number of nitrogens with zero attached hydrogens (tertiary/aromatic N) is 5. The molecule has 2 aromatic heterocycles. The average molecular weight is 506 g/mol. The molecule has 0 spiro atoms. The number of rotatable bonds is 6. The van der Waals surface area contributed by atoms with Gasteiger partial charge in [0.25, 0.3) is 0 Å². The maximum absolute atomic E-state index is 13.3. The lowest BCUT2D eigenvalue weighted by Gasteiger charge is -2.33. The molecule has 9 nitrogen and oxygen atoms in total. The number of aromatic amines is 1. The summed E-state index contributed by atoms with van der Waals surface area (Å²) in [6.07, 6.45) is 3.07. The van der Waals surface area contributed by atoms with Crippen molar-refractivity contribution in [3.63, 3.8) is 0 Å². The Morgan fingerprint density at radius 1 is 1.00 bits per heavy atom. The largest absolute Gasteiger partial charge is 0.335 e. The van der Waals surface area contributed by atoms with Crippen LogP contribution in [0, 0.1) is 5.82 Å². The summed E-state index contributed by atoms with van der Waals surface area (Å²) >= 11 is 0. The third-order valence-corrected chi connectivity index (χ3v) is 9.25. The van der Waals surface area contributed by atoms with E-state index in [1.165, 1.54) is 41.4 Å². The fourth-order valence-corrected chi connectivity index (χ4v) is 6.99. The second kappa shape index (κ2) is 7.97. The number of piperazine rings is 1. The van der Waals surface area contributed by atoms with Crippen molar-refractivity contribution in [1.82, 2.24) is 24.5 Å². The summed E-state index contributed by atoms with van der Waals surface area (Å²) in [5, 5.41) is 11.8. The number of anilines is 3. The number of fused-ring (bicyclic) bond motifs is 3. The minimum absolute atomic E-state index is 0.0360. The van der Waals surface area contributed by atoms with Gasteiger partial charge >= 0.3 is 0 Å². The van der Waals surface area contributed by atoms with Crippen LogP contribution in [0.25, 0.3) is 10.9 Å². The quantitative estimate of drug-likeness (QED) is 0.411. The van der Waals surface area contributed by atoms with E-state index in [0.29, 0.717) is 43.0 Å². The number of hydrogen-bond acceptors (Lipinski definition) is 7. The Labute approximate surface area is 207 Å². The Kier molecular flexibility index (Phi) is 4.80. The number of hydrogen-bond donors (Lipinski definition) is 2. The normalized spacial score (nSPS) is 22.0. The van der Waals surface area contributed by atoms with Gasteiger partial charge in [-0.05, 0) is 55.7 Å². The zero-order chi connectivity index (χ0) is 24.4. The topological polar surface area (TPSA) is 107 Å². The molecule has 11 heteroatoms. The van der Waals surface area contributed by atoms with Gasteiger partial charge in [-0.2, -0.15) is 14.4 Å². The van der Waals surface area contributed by atoms with E-state index in [2.05, 4.69) is 20.4 Å². The van der Waals surface area contributed by atoms with Crippen LogP contribution in [-0.4, -0.2) is 58.1 Å². The van der Waals surface area contributed by atoms with E-state index >= 15 is 0 Å². The highest BCUT2D eigenvalue weighted by molar-refractivity contribution is 7.89. The number of halogens is 1. The van der Waals surface area contributed by atoms with Gasteiger partial charge in [-0.15, -0.1) is 0 Å². The molecule has 4 heterocycles. The lowest BCUT2D eigenvalue weighted by molar-refractivity contribution is 0.367. The van der Waals surface area contributed by atoms with Gasteiger partial charge in [-0.3, -0.25) is 5.10 Å². The summed E-state index contributed by atoms with van der Waals surface area (Å²) < 4.78 is 41.3. The van der Waals surface area contributed by atoms with Crippen LogP contribution < -0.4 is 10.2 Å². The van der Waals surface area contributed by atoms with Crippen LogP contribution in [0.15, 0.2) is 59.5 Å². The van der Waals surface area contributed by atoms with Gasteiger partial charge in [-0.1, -0.05) is 12.1 Å². The van der Waals surface area contributed by atoms with E-state index in [0.717, 1.165) is 16.6 Å². The van der Waals surface area contributed by atoms with Crippen molar-refractivity contribution in [1.29, 1.82) is 0 Å². The average Bonchev–Trinajstić information content (AvgIpc) is 3.29. The number of sulfonamides is 1. The molecule has 0 radical (unpaired) electrons. The number of para-hydroxylation sites is 1. The van der Waals surface area contributed by atoms with Crippen LogP contribution in [-0.2, 0) is 10.0 Å². The first kappa shape index (κ1) is 21.7. The second-order valence-corrected chi connectivity index (χ2v) is 11.6. The van der Waals surface area contributed by atoms with Gasteiger partial charge in [0.1, 0.15) is 11.6 Å². The molecule has 184 valence electrons. The number of H-pyrrole nitrogens is 1. The first-order valence-corrected chi connectivity index (χ1v) is 13.5. The number of nitrogens with one attached hydrogen (secondary N) is 2. The molecule has 0 amide bonds. The van der Waals surface area contributed by atoms with E-state index in [-0.39, 0.29) is 17.0 Å². The number of aromatic nitrogens is 4. The van der Waals surface area contributed by atoms with Crippen LogP contribution in [0.5, 0.6) is 0 Å². The fourth-order valence-electron chi connectivity index (χ4n) is 5.33. The second-order valence-electron chi connectivity index (χ2n) is 9.72. The van der Waals surface area contributed by atoms with Crippen molar-refractivity contribution in [3.05, 3.63) is 66.1 Å². The van der Waals surface area contributed by atoms with Gasteiger partial charge in [0.15, 0.2) is 5.82 Å². The molecule has 1 saturated carbocycles. The van der Waals surface area contributed by atoms with Crippen molar-refractivity contribution in [2.45, 2.75) is 42.2 Å². The van der Waals surface area contributed by atoms with Gasteiger partial charge in [-0.25, -0.2) is 17.8 Å². The van der Waals surface area contributed by atoms with Gasteiger partial charge in [0.2, 0.25) is 16.0 Å². The van der Waals surface area contributed by atoms with Crippen molar-refractivity contribution in [3.8, 4) is 0 Å². The summed E-state index contributed by atoms with van der Waals surface area (Å²) in [5.74, 6) is 2.06. The molecule has 3 aliphatic rings. The molecule has 2 N–H and O–H groups in total. The van der Waals surface area contributed by atoms with Crippen molar-refractivity contribution >= 4 is 38.5 Å². The summed E-state index contributed by atoms with van der Waals surface area (Å²) in [6.45, 7) is 0.838. The Bertz CT molecular complexity index is 1570. The van der Waals surface area contributed by atoms with E-state index < -0.39 is 15.8 Å². The summed E-state index contributed by atoms with van der Waals surface area (Å²) in [7, 11) is -3.70. The fraction of sp³-hybridized carbons (Fsp3) is 0.320. The maximum Gasteiger partial charge on any atom is 0.243 e. The van der Waals surface area contributed by atoms with Crippen LogP contribution in [0.3, 0.4) is 0 Å². The third kappa shape index (κ3) is 3.61. The lowest BCUT2D eigenvalue weighted by Crippen LogP contribution is -2.49. The van der Waals surface area contributed by atoms with E-state index in [1.807, 2.05) is 30.3 Å². The SMILES string of the molecule is O=S(=O)(c1ccc(F)cc1)N1CC2CC1CN2c1nc(Nc2cc(C3CC3)[nH]n2)c2ccccc2n1. The predicted octanol–water partition coefficient (Wildman–Crippen LogP) is 3.76. The smallest absolute Gasteiger partial charge is 0.243 e. The Morgan fingerprint density at radius 2 is 1.81 bits per heavy atom. The number of benzene rings is 2. The molecule has 2 unspecified atom stereocenters. The molecule has 2 aromatic carbocycles. The molecule has 2 aliphatic heterocycles. The first-order chi connectivity index (χ1) is 17.5. The maximum atomic E-state index is 13.3. The molecule has 7 rings (SSSR count).